The first-order valence-corrected chi connectivity index (χ1v) is 6.94. The number of likely N-dealkylation sites (N-methyl/N-ethyl adjacent to an activating group) is 1. The Morgan fingerprint density at radius 3 is 2.52 bits per heavy atom. The fourth-order valence-electron chi connectivity index (χ4n) is 2.04. The Kier molecular flexibility index (Phi) is 6.14. The lowest BCUT2D eigenvalue weighted by atomic mass is 10.2. The second kappa shape index (κ2) is 7.61. The minimum Gasteiger partial charge on any atom is -0.469 e. The van der Waals surface area contributed by atoms with E-state index in [4.69, 9.17) is 0 Å². The maximum atomic E-state index is 12.1. The smallest absolute Gasteiger partial charge is 0.307 e. The molecule has 0 radical (unpaired) electrons. The number of rotatable bonds is 6. The van der Waals surface area contributed by atoms with Crippen LogP contribution in [0.15, 0.2) is 6.08 Å². The van der Waals surface area contributed by atoms with E-state index in [9.17, 15) is 9.59 Å². The summed E-state index contributed by atoms with van der Waals surface area (Å²) in [6, 6.07) is 0. The van der Waals surface area contributed by atoms with Crippen LogP contribution in [0.2, 0.25) is 0 Å². The number of hydrogen-bond acceptors (Lipinski definition) is 4. The molecule has 0 saturated heterocycles. The number of aromatic nitrogens is 2. The van der Waals surface area contributed by atoms with Crippen molar-refractivity contribution < 1.29 is 14.3 Å². The molecule has 6 nitrogen and oxygen atoms in total. The molecule has 21 heavy (non-hydrogen) atoms. The van der Waals surface area contributed by atoms with Crippen molar-refractivity contribution in [2.75, 3.05) is 20.2 Å². The van der Waals surface area contributed by atoms with E-state index in [0.717, 1.165) is 17.0 Å². The number of esters is 1. The van der Waals surface area contributed by atoms with Gasteiger partial charge >= 0.3 is 5.97 Å². The molecule has 0 aliphatic heterocycles. The SMILES string of the molecule is CCN(CCC(=O)OC)C(=O)/C=C/c1c(C)nn(C)c1C. The van der Waals surface area contributed by atoms with Gasteiger partial charge in [-0.25, -0.2) is 0 Å². The summed E-state index contributed by atoms with van der Waals surface area (Å²) in [4.78, 5) is 24.9. The monoisotopic (exact) mass is 293 g/mol. The number of aryl methyl sites for hydroxylation is 2. The van der Waals surface area contributed by atoms with Crippen molar-refractivity contribution in [2.45, 2.75) is 27.2 Å². The zero-order valence-corrected chi connectivity index (χ0v) is 13.3. The maximum absolute atomic E-state index is 12.1. The summed E-state index contributed by atoms with van der Waals surface area (Å²) in [7, 11) is 3.21. The van der Waals surface area contributed by atoms with Gasteiger partial charge in [0.05, 0.1) is 19.2 Å². The minimum absolute atomic E-state index is 0.121. The Bertz CT molecular complexity index is 547. The standard InChI is InChI=1S/C15H23N3O3/c1-6-18(10-9-15(20)21-5)14(19)8-7-13-11(2)16-17(4)12(13)3/h7-8H,6,9-10H2,1-5H3/b8-7+. The molecule has 0 saturated carbocycles. The predicted octanol–water partition coefficient (Wildman–Crippen LogP) is 1.46. The third-order valence-corrected chi connectivity index (χ3v) is 3.46. The van der Waals surface area contributed by atoms with Crippen LogP contribution in [0.4, 0.5) is 0 Å². The number of carbonyl (C=O) groups excluding carboxylic acids is 2. The van der Waals surface area contributed by atoms with Crippen LogP contribution < -0.4 is 0 Å². The molecule has 0 unspecified atom stereocenters. The quantitative estimate of drug-likeness (QED) is 0.588. The Balaban J connectivity index is 2.73. The van der Waals surface area contributed by atoms with Gasteiger partial charge in [-0.1, -0.05) is 0 Å². The topological polar surface area (TPSA) is 64.4 Å². The Morgan fingerprint density at radius 2 is 2.05 bits per heavy atom. The molecule has 0 spiro atoms. The van der Waals surface area contributed by atoms with Gasteiger partial charge in [0, 0.05) is 37.5 Å². The highest BCUT2D eigenvalue weighted by Crippen LogP contribution is 2.13. The maximum Gasteiger partial charge on any atom is 0.307 e. The van der Waals surface area contributed by atoms with Crippen molar-refractivity contribution in [1.82, 2.24) is 14.7 Å². The molecule has 1 amide bonds. The van der Waals surface area contributed by atoms with E-state index in [1.54, 1.807) is 15.7 Å². The van der Waals surface area contributed by atoms with Gasteiger partial charge in [-0.05, 0) is 26.8 Å². The van der Waals surface area contributed by atoms with Crippen molar-refractivity contribution >= 4 is 18.0 Å². The average Bonchev–Trinajstić information content (AvgIpc) is 2.70. The van der Waals surface area contributed by atoms with Gasteiger partial charge in [0.2, 0.25) is 5.91 Å². The van der Waals surface area contributed by atoms with E-state index in [0.29, 0.717) is 13.1 Å². The van der Waals surface area contributed by atoms with Crippen molar-refractivity contribution in [3.63, 3.8) is 0 Å². The molecule has 0 fully saturated rings. The van der Waals surface area contributed by atoms with Crippen molar-refractivity contribution in [1.29, 1.82) is 0 Å². The fraction of sp³-hybridized carbons (Fsp3) is 0.533. The molecule has 1 aromatic heterocycles. The molecule has 0 atom stereocenters. The summed E-state index contributed by atoms with van der Waals surface area (Å²) in [5.74, 6) is -0.437. The third kappa shape index (κ3) is 4.44. The molecule has 116 valence electrons. The zero-order valence-electron chi connectivity index (χ0n) is 13.3. The van der Waals surface area contributed by atoms with Gasteiger partial charge in [-0.2, -0.15) is 5.10 Å². The fourth-order valence-corrected chi connectivity index (χ4v) is 2.04. The summed E-state index contributed by atoms with van der Waals surface area (Å²) in [5.41, 5.74) is 2.85. The van der Waals surface area contributed by atoms with Crippen molar-refractivity contribution in [3.8, 4) is 0 Å². The number of hydrogen-bond donors (Lipinski definition) is 0. The van der Waals surface area contributed by atoms with Gasteiger partial charge in [0.1, 0.15) is 0 Å². The third-order valence-electron chi connectivity index (χ3n) is 3.46. The lowest BCUT2D eigenvalue weighted by Gasteiger charge is -2.18. The van der Waals surface area contributed by atoms with Gasteiger partial charge in [0.25, 0.3) is 0 Å². The van der Waals surface area contributed by atoms with E-state index in [-0.39, 0.29) is 18.3 Å². The van der Waals surface area contributed by atoms with E-state index in [1.807, 2.05) is 27.8 Å². The second-order valence-corrected chi connectivity index (χ2v) is 4.79. The molecule has 0 aromatic carbocycles. The Hall–Kier alpha value is -2.11. The predicted molar refractivity (Wildman–Crippen MR) is 80.6 cm³/mol. The van der Waals surface area contributed by atoms with E-state index >= 15 is 0 Å². The molecule has 0 aliphatic rings. The van der Waals surface area contributed by atoms with Crippen LogP contribution in [-0.2, 0) is 21.4 Å². The first kappa shape index (κ1) is 16.9. The molecule has 1 rings (SSSR count). The van der Waals surface area contributed by atoms with E-state index < -0.39 is 0 Å². The van der Waals surface area contributed by atoms with Crippen LogP contribution in [0, 0.1) is 13.8 Å². The number of nitrogens with zero attached hydrogens (tertiary/aromatic N) is 3. The highest BCUT2D eigenvalue weighted by atomic mass is 16.5. The van der Waals surface area contributed by atoms with Gasteiger partial charge in [-0.15, -0.1) is 0 Å². The molecule has 0 bridgehead atoms. The number of ether oxygens (including phenoxy) is 1. The van der Waals surface area contributed by atoms with Gasteiger partial charge in [-0.3, -0.25) is 14.3 Å². The van der Waals surface area contributed by atoms with Crippen LogP contribution in [-0.4, -0.2) is 46.8 Å². The summed E-state index contributed by atoms with van der Waals surface area (Å²) in [6.45, 7) is 6.65. The summed E-state index contributed by atoms with van der Waals surface area (Å²) in [5, 5.41) is 4.30. The number of amides is 1. The number of methoxy groups -OCH3 is 1. The molecular formula is C15H23N3O3. The zero-order chi connectivity index (χ0) is 16.0. The normalized spacial score (nSPS) is 10.9. The Labute approximate surface area is 125 Å². The average molecular weight is 293 g/mol. The number of carbonyl (C=O) groups is 2. The highest BCUT2D eigenvalue weighted by molar-refractivity contribution is 5.92. The second-order valence-electron chi connectivity index (χ2n) is 4.79. The molecule has 0 N–H and O–H groups in total. The highest BCUT2D eigenvalue weighted by Gasteiger charge is 2.12. The van der Waals surface area contributed by atoms with E-state index in [2.05, 4.69) is 9.84 Å². The lowest BCUT2D eigenvalue weighted by molar-refractivity contribution is -0.141. The van der Waals surface area contributed by atoms with Crippen molar-refractivity contribution in [3.05, 3.63) is 23.0 Å². The van der Waals surface area contributed by atoms with Crippen LogP contribution in [0.3, 0.4) is 0 Å². The first-order chi connectivity index (χ1) is 9.90. The largest absolute Gasteiger partial charge is 0.469 e. The minimum atomic E-state index is -0.316. The molecule has 1 heterocycles. The Morgan fingerprint density at radius 1 is 1.38 bits per heavy atom. The van der Waals surface area contributed by atoms with Gasteiger partial charge < -0.3 is 9.64 Å². The van der Waals surface area contributed by atoms with Crippen LogP contribution >= 0.6 is 0 Å². The van der Waals surface area contributed by atoms with Crippen LogP contribution in [0.5, 0.6) is 0 Å². The molecule has 1 aromatic rings. The molecule has 0 aliphatic carbocycles. The summed E-state index contributed by atoms with van der Waals surface area (Å²) >= 11 is 0. The summed E-state index contributed by atoms with van der Waals surface area (Å²) in [6.07, 6.45) is 3.51. The lowest BCUT2D eigenvalue weighted by Crippen LogP contribution is -2.31. The van der Waals surface area contributed by atoms with E-state index in [1.165, 1.54) is 13.2 Å². The molecule has 6 heteroatoms. The van der Waals surface area contributed by atoms with Crippen molar-refractivity contribution in [2.24, 2.45) is 7.05 Å². The van der Waals surface area contributed by atoms with Crippen LogP contribution in [0.1, 0.15) is 30.3 Å². The van der Waals surface area contributed by atoms with Crippen LogP contribution in [0.25, 0.3) is 6.08 Å². The molecular weight excluding hydrogens is 270 g/mol. The first-order valence-electron chi connectivity index (χ1n) is 6.94. The van der Waals surface area contributed by atoms with Gasteiger partial charge in [0.15, 0.2) is 0 Å². The summed E-state index contributed by atoms with van der Waals surface area (Å²) < 4.78 is 6.37.